The highest BCUT2D eigenvalue weighted by atomic mass is 79.9. The molecule has 7 heteroatoms. The number of hydrogen-bond acceptors (Lipinski definition) is 5. The number of methoxy groups -OCH3 is 1. The lowest BCUT2D eigenvalue weighted by Crippen LogP contribution is -2.31. The molecule has 0 saturated heterocycles. The molecule has 6 nitrogen and oxygen atoms in total. The minimum absolute atomic E-state index is 0.113. The average Bonchev–Trinajstić information content (AvgIpc) is 3.43. The van der Waals surface area contributed by atoms with Gasteiger partial charge in [-0.15, -0.1) is 0 Å². The fourth-order valence-electron chi connectivity index (χ4n) is 3.14. The molecule has 1 aliphatic heterocycles. The van der Waals surface area contributed by atoms with Crippen LogP contribution in [0.1, 0.15) is 23.8 Å². The van der Waals surface area contributed by atoms with E-state index in [9.17, 15) is 4.79 Å². The predicted octanol–water partition coefficient (Wildman–Crippen LogP) is 4.81. The summed E-state index contributed by atoms with van der Waals surface area (Å²) in [6, 6.07) is 18.3. The molecule has 4 rings (SSSR count). The molecule has 0 saturated carbocycles. The fraction of sp³-hybridized carbons (Fsp3) is 0.182. The molecule has 2 heterocycles. The van der Waals surface area contributed by atoms with Crippen molar-refractivity contribution in [3.05, 3.63) is 82.7 Å². The molecule has 0 radical (unpaired) electrons. The van der Waals surface area contributed by atoms with Gasteiger partial charge in [-0.25, -0.2) is 5.01 Å². The SMILES string of the molecule is COc1ccc(C2=NN(C(=O)COc3ccc(Br)cc3)[C@@H](c3ccco3)C2)cc1. The highest BCUT2D eigenvalue weighted by Gasteiger charge is 2.35. The maximum Gasteiger partial charge on any atom is 0.281 e. The standard InChI is InChI=1S/C22H19BrN2O4/c1-27-17-8-4-15(5-9-17)19-13-20(21-3-2-12-28-21)25(24-19)22(26)14-29-18-10-6-16(23)7-11-18/h2-12,20H,13-14H2,1H3/t20-/m1/s1. The van der Waals surface area contributed by atoms with E-state index >= 15 is 0 Å². The number of hydrogen-bond donors (Lipinski definition) is 0. The van der Waals surface area contributed by atoms with Gasteiger partial charge in [-0.1, -0.05) is 15.9 Å². The normalized spacial score (nSPS) is 15.9. The molecule has 1 aliphatic rings. The first kappa shape index (κ1) is 19.3. The number of nitrogens with zero attached hydrogens (tertiary/aromatic N) is 2. The maximum atomic E-state index is 12.9. The molecule has 0 unspecified atom stereocenters. The van der Waals surface area contributed by atoms with E-state index in [1.54, 1.807) is 25.5 Å². The molecule has 0 aliphatic carbocycles. The Balaban J connectivity index is 1.53. The third kappa shape index (κ3) is 4.35. The summed E-state index contributed by atoms with van der Waals surface area (Å²) in [5.74, 6) is 1.84. The zero-order valence-corrected chi connectivity index (χ0v) is 17.3. The van der Waals surface area contributed by atoms with E-state index in [2.05, 4.69) is 21.0 Å². The second kappa shape index (κ2) is 8.53. The number of furan rings is 1. The number of benzene rings is 2. The first-order valence-corrected chi connectivity index (χ1v) is 9.89. The monoisotopic (exact) mass is 454 g/mol. The zero-order valence-electron chi connectivity index (χ0n) is 15.7. The Kier molecular flexibility index (Phi) is 5.67. The van der Waals surface area contributed by atoms with E-state index in [-0.39, 0.29) is 18.6 Å². The van der Waals surface area contributed by atoms with E-state index in [1.165, 1.54) is 5.01 Å². The molecule has 0 bridgehead atoms. The number of ether oxygens (including phenoxy) is 2. The highest BCUT2D eigenvalue weighted by molar-refractivity contribution is 9.10. The van der Waals surface area contributed by atoms with E-state index in [0.717, 1.165) is 21.5 Å². The molecule has 0 N–H and O–H groups in total. The zero-order chi connectivity index (χ0) is 20.2. The van der Waals surface area contributed by atoms with Crippen molar-refractivity contribution in [3.63, 3.8) is 0 Å². The van der Waals surface area contributed by atoms with Crippen LogP contribution in [-0.2, 0) is 4.79 Å². The van der Waals surface area contributed by atoms with Crippen LogP contribution in [0.25, 0.3) is 0 Å². The lowest BCUT2D eigenvalue weighted by Gasteiger charge is -2.20. The highest BCUT2D eigenvalue weighted by Crippen LogP contribution is 2.33. The van der Waals surface area contributed by atoms with Gasteiger partial charge in [0.2, 0.25) is 0 Å². The predicted molar refractivity (Wildman–Crippen MR) is 112 cm³/mol. The molecule has 148 valence electrons. The minimum Gasteiger partial charge on any atom is -0.497 e. The van der Waals surface area contributed by atoms with Gasteiger partial charge < -0.3 is 13.9 Å². The molecule has 1 amide bonds. The number of carbonyl (C=O) groups is 1. The van der Waals surface area contributed by atoms with Crippen LogP contribution in [0.3, 0.4) is 0 Å². The summed E-state index contributed by atoms with van der Waals surface area (Å²) in [6.07, 6.45) is 2.16. The van der Waals surface area contributed by atoms with Gasteiger partial charge >= 0.3 is 0 Å². The van der Waals surface area contributed by atoms with Gasteiger partial charge in [0, 0.05) is 10.9 Å². The molecular formula is C22H19BrN2O4. The van der Waals surface area contributed by atoms with Crippen LogP contribution >= 0.6 is 15.9 Å². The van der Waals surface area contributed by atoms with Crippen molar-refractivity contribution in [2.24, 2.45) is 5.10 Å². The summed E-state index contributed by atoms with van der Waals surface area (Å²) in [5, 5.41) is 6.05. The van der Waals surface area contributed by atoms with Gasteiger partial charge in [0.25, 0.3) is 5.91 Å². The van der Waals surface area contributed by atoms with E-state index in [4.69, 9.17) is 13.9 Å². The third-order valence-corrected chi connectivity index (χ3v) is 5.17. The number of carbonyl (C=O) groups excluding carboxylic acids is 1. The average molecular weight is 455 g/mol. The number of hydrazone groups is 1. The summed E-state index contributed by atoms with van der Waals surface area (Å²) in [7, 11) is 1.63. The van der Waals surface area contributed by atoms with Crippen molar-refractivity contribution in [1.82, 2.24) is 5.01 Å². The molecule has 3 aromatic rings. The Morgan fingerprint density at radius 1 is 1.14 bits per heavy atom. The third-order valence-electron chi connectivity index (χ3n) is 4.64. The van der Waals surface area contributed by atoms with Crippen LogP contribution < -0.4 is 9.47 Å². The van der Waals surface area contributed by atoms with Crippen molar-refractivity contribution in [3.8, 4) is 11.5 Å². The summed E-state index contributed by atoms with van der Waals surface area (Å²) >= 11 is 3.38. The van der Waals surface area contributed by atoms with Crippen LogP contribution in [-0.4, -0.2) is 30.3 Å². The van der Waals surface area contributed by atoms with Crippen LogP contribution in [0.4, 0.5) is 0 Å². The van der Waals surface area contributed by atoms with Gasteiger partial charge in [-0.2, -0.15) is 5.10 Å². The summed E-state index contributed by atoms with van der Waals surface area (Å²) < 4.78 is 17.4. The van der Waals surface area contributed by atoms with Crippen molar-refractivity contribution < 1.29 is 18.7 Å². The van der Waals surface area contributed by atoms with Crippen LogP contribution in [0.15, 0.2) is 80.9 Å². The molecule has 1 atom stereocenters. The molecule has 0 fully saturated rings. The lowest BCUT2D eigenvalue weighted by atomic mass is 10.0. The number of amides is 1. The van der Waals surface area contributed by atoms with E-state index in [1.807, 2.05) is 48.5 Å². The van der Waals surface area contributed by atoms with Crippen molar-refractivity contribution in [1.29, 1.82) is 0 Å². The minimum atomic E-state index is -0.303. The first-order chi connectivity index (χ1) is 14.1. The largest absolute Gasteiger partial charge is 0.497 e. The fourth-order valence-corrected chi connectivity index (χ4v) is 3.41. The Hall–Kier alpha value is -3.06. The number of halogens is 1. The molecular weight excluding hydrogens is 436 g/mol. The Morgan fingerprint density at radius 3 is 2.52 bits per heavy atom. The molecule has 2 aromatic carbocycles. The Bertz CT molecular complexity index is 998. The molecule has 1 aromatic heterocycles. The Morgan fingerprint density at radius 2 is 1.86 bits per heavy atom. The van der Waals surface area contributed by atoms with E-state index < -0.39 is 0 Å². The van der Waals surface area contributed by atoms with Crippen LogP contribution in [0.2, 0.25) is 0 Å². The van der Waals surface area contributed by atoms with E-state index in [0.29, 0.717) is 17.9 Å². The van der Waals surface area contributed by atoms with Gasteiger partial charge in [0.05, 0.1) is 19.1 Å². The lowest BCUT2D eigenvalue weighted by molar-refractivity contribution is -0.135. The van der Waals surface area contributed by atoms with Crippen LogP contribution in [0.5, 0.6) is 11.5 Å². The van der Waals surface area contributed by atoms with Gasteiger partial charge in [-0.05, 0) is 66.2 Å². The summed E-state index contributed by atoms with van der Waals surface area (Å²) in [6.45, 7) is -0.113. The summed E-state index contributed by atoms with van der Waals surface area (Å²) in [4.78, 5) is 12.9. The number of rotatable bonds is 6. The second-order valence-electron chi connectivity index (χ2n) is 6.49. The Labute approximate surface area is 176 Å². The molecule has 0 spiro atoms. The van der Waals surface area contributed by atoms with Crippen molar-refractivity contribution in [2.45, 2.75) is 12.5 Å². The molecule has 29 heavy (non-hydrogen) atoms. The topological polar surface area (TPSA) is 64.3 Å². The first-order valence-electron chi connectivity index (χ1n) is 9.10. The second-order valence-corrected chi connectivity index (χ2v) is 7.41. The summed E-state index contributed by atoms with van der Waals surface area (Å²) in [5.41, 5.74) is 1.75. The van der Waals surface area contributed by atoms with Crippen molar-refractivity contribution >= 4 is 27.5 Å². The van der Waals surface area contributed by atoms with Gasteiger partial charge in [-0.3, -0.25) is 4.79 Å². The maximum absolute atomic E-state index is 12.9. The van der Waals surface area contributed by atoms with Crippen LogP contribution in [0, 0.1) is 0 Å². The van der Waals surface area contributed by atoms with Gasteiger partial charge in [0.15, 0.2) is 6.61 Å². The smallest absolute Gasteiger partial charge is 0.281 e. The quantitative estimate of drug-likeness (QED) is 0.536. The van der Waals surface area contributed by atoms with Crippen molar-refractivity contribution in [2.75, 3.05) is 13.7 Å². The van der Waals surface area contributed by atoms with Gasteiger partial charge in [0.1, 0.15) is 23.3 Å².